The lowest BCUT2D eigenvalue weighted by atomic mass is 10.0. The molecule has 0 N–H and O–H groups in total. The second kappa shape index (κ2) is 13.4. The Bertz CT molecular complexity index is 1930. The molecule has 0 unspecified atom stereocenters. The van der Waals surface area contributed by atoms with Gasteiger partial charge in [0.2, 0.25) is 0 Å². The van der Waals surface area contributed by atoms with Gasteiger partial charge in [-0.1, -0.05) is 91.9 Å². The summed E-state index contributed by atoms with van der Waals surface area (Å²) >= 11 is 0. The Labute approximate surface area is 265 Å². The lowest BCUT2D eigenvalue weighted by Crippen LogP contribution is -2.01. The molecule has 6 aromatic rings. The van der Waals surface area contributed by atoms with Gasteiger partial charge in [0, 0.05) is 39.2 Å². The van der Waals surface area contributed by atoms with Crippen LogP contribution in [0.15, 0.2) is 127 Å². The minimum absolute atomic E-state index is 0.603. The van der Waals surface area contributed by atoms with E-state index in [0.29, 0.717) is 17.5 Å². The molecule has 0 saturated carbocycles. The summed E-state index contributed by atoms with van der Waals surface area (Å²) in [7, 11) is 0. The molecule has 0 saturated heterocycles. The van der Waals surface area contributed by atoms with Gasteiger partial charge in [0.25, 0.3) is 0 Å². The third kappa shape index (κ3) is 6.84. The maximum atomic E-state index is 5.04. The van der Waals surface area contributed by atoms with Gasteiger partial charge in [0.1, 0.15) is 0 Å². The van der Waals surface area contributed by atoms with Crippen LogP contribution >= 0.6 is 0 Å². The zero-order valence-electron chi connectivity index (χ0n) is 26.1. The van der Waals surface area contributed by atoms with E-state index in [-0.39, 0.29) is 0 Å². The number of aryl methyl sites for hydroxylation is 2. The van der Waals surface area contributed by atoms with Gasteiger partial charge in [-0.25, -0.2) is 15.0 Å². The van der Waals surface area contributed by atoms with Crippen LogP contribution in [0.3, 0.4) is 0 Å². The molecule has 3 aromatic heterocycles. The van der Waals surface area contributed by atoms with E-state index in [1.807, 2.05) is 74.5 Å². The average Bonchev–Trinajstić information content (AvgIpc) is 3.09. The average molecular weight is 586 g/mol. The van der Waals surface area contributed by atoms with Crippen LogP contribution in [0.2, 0.25) is 0 Å². The number of hydrogen-bond donors (Lipinski definition) is 0. The summed E-state index contributed by atoms with van der Waals surface area (Å²) in [5.74, 6) is 1.82. The lowest BCUT2D eigenvalue weighted by molar-refractivity contribution is 1.07. The van der Waals surface area contributed by atoms with E-state index in [9.17, 15) is 0 Å². The van der Waals surface area contributed by atoms with E-state index in [1.165, 1.54) is 0 Å². The van der Waals surface area contributed by atoms with Crippen molar-refractivity contribution in [1.29, 1.82) is 0 Å². The maximum absolute atomic E-state index is 5.04. The SMILES string of the molecule is C/C=C(\C=C/CC)c1cccc(-c2nc(-c3cccc(-c4cccc(C)n4)c3)nc(-c3cccc(-c4cccc(C)n4)c3)n2)c1. The summed E-state index contributed by atoms with van der Waals surface area (Å²) in [6.07, 6.45) is 7.45. The van der Waals surface area contributed by atoms with Gasteiger partial charge in [-0.2, -0.15) is 0 Å². The molecule has 6 rings (SSSR count). The highest BCUT2D eigenvalue weighted by molar-refractivity contribution is 5.78. The molecule has 3 aromatic carbocycles. The summed E-state index contributed by atoms with van der Waals surface area (Å²) in [5.41, 5.74) is 10.8. The highest BCUT2D eigenvalue weighted by atomic mass is 15.0. The van der Waals surface area contributed by atoms with Crippen LogP contribution in [0.25, 0.3) is 62.3 Å². The molecule has 0 aliphatic carbocycles. The van der Waals surface area contributed by atoms with Crippen LogP contribution in [-0.2, 0) is 0 Å². The smallest absolute Gasteiger partial charge is 0.164 e. The second-order valence-electron chi connectivity index (χ2n) is 10.9. The minimum Gasteiger partial charge on any atom is -0.253 e. The Morgan fingerprint density at radius 3 is 1.44 bits per heavy atom. The van der Waals surface area contributed by atoms with Gasteiger partial charge in [-0.15, -0.1) is 0 Å². The Morgan fingerprint density at radius 2 is 0.978 bits per heavy atom. The zero-order chi connectivity index (χ0) is 31.2. The fraction of sp³-hybridized carbons (Fsp3) is 0.125. The van der Waals surface area contributed by atoms with Gasteiger partial charge >= 0.3 is 0 Å². The van der Waals surface area contributed by atoms with E-state index in [0.717, 1.165) is 68.2 Å². The largest absolute Gasteiger partial charge is 0.253 e. The van der Waals surface area contributed by atoms with Gasteiger partial charge in [0.05, 0.1) is 11.4 Å². The first-order valence-electron chi connectivity index (χ1n) is 15.3. The first-order valence-corrected chi connectivity index (χ1v) is 15.3. The van der Waals surface area contributed by atoms with Crippen molar-refractivity contribution >= 4 is 5.57 Å². The maximum Gasteiger partial charge on any atom is 0.164 e. The topological polar surface area (TPSA) is 64.5 Å². The van der Waals surface area contributed by atoms with E-state index in [2.05, 4.69) is 80.6 Å². The highest BCUT2D eigenvalue weighted by Crippen LogP contribution is 2.30. The number of nitrogens with zero attached hydrogens (tertiary/aromatic N) is 5. The summed E-state index contributed by atoms with van der Waals surface area (Å²) < 4.78 is 0. The van der Waals surface area contributed by atoms with Crippen LogP contribution in [-0.4, -0.2) is 24.9 Å². The number of benzene rings is 3. The van der Waals surface area contributed by atoms with Gasteiger partial charge in [-0.05, 0) is 80.8 Å². The molecule has 0 spiro atoms. The summed E-state index contributed by atoms with van der Waals surface area (Å²) in [4.78, 5) is 24.6. The minimum atomic E-state index is 0.603. The van der Waals surface area contributed by atoms with Crippen molar-refractivity contribution in [2.24, 2.45) is 0 Å². The first kappa shape index (κ1) is 29.5. The fourth-order valence-electron chi connectivity index (χ4n) is 5.25. The van der Waals surface area contributed by atoms with Crippen molar-refractivity contribution in [2.45, 2.75) is 34.1 Å². The lowest BCUT2D eigenvalue weighted by Gasteiger charge is -2.11. The fourth-order valence-corrected chi connectivity index (χ4v) is 5.25. The van der Waals surface area contributed by atoms with Crippen molar-refractivity contribution in [3.63, 3.8) is 0 Å². The van der Waals surface area contributed by atoms with Gasteiger partial charge in [0.15, 0.2) is 17.5 Å². The highest BCUT2D eigenvalue weighted by Gasteiger charge is 2.15. The Balaban J connectivity index is 1.50. The van der Waals surface area contributed by atoms with Crippen LogP contribution in [0.5, 0.6) is 0 Å². The van der Waals surface area contributed by atoms with Crippen LogP contribution < -0.4 is 0 Å². The number of aromatic nitrogens is 5. The predicted octanol–water partition coefficient (Wildman–Crippen LogP) is 9.98. The van der Waals surface area contributed by atoms with Crippen molar-refractivity contribution < 1.29 is 0 Å². The Kier molecular flexibility index (Phi) is 8.79. The van der Waals surface area contributed by atoms with Crippen molar-refractivity contribution in [3.05, 3.63) is 144 Å². The number of hydrogen-bond acceptors (Lipinski definition) is 5. The second-order valence-corrected chi connectivity index (χ2v) is 10.9. The Hall–Kier alpha value is -5.55. The van der Waals surface area contributed by atoms with Crippen molar-refractivity contribution in [3.8, 4) is 56.7 Å². The van der Waals surface area contributed by atoms with Gasteiger partial charge in [-0.3, -0.25) is 9.97 Å². The first-order chi connectivity index (χ1) is 22.0. The molecule has 0 bridgehead atoms. The van der Waals surface area contributed by atoms with E-state index in [1.54, 1.807) is 0 Å². The van der Waals surface area contributed by atoms with E-state index >= 15 is 0 Å². The summed E-state index contributed by atoms with van der Waals surface area (Å²) in [6, 6.07) is 37.0. The zero-order valence-corrected chi connectivity index (χ0v) is 26.1. The molecular weight excluding hydrogens is 550 g/mol. The monoisotopic (exact) mass is 585 g/mol. The summed E-state index contributed by atoms with van der Waals surface area (Å²) in [6.45, 7) is 8.21. The quantitative estimate of drug-likeness (QED) is 0.166. The van der Waals surface area contributed by atoms with Crippen LogP contribution in [0, 0.1) is 13.8 Å². The molecule has 45 heavy (non-hydrogen) atoms. The van der Waals surface area contributed by atoms with Gasteiger partial charge < -0.3 is 0 Å². The predicted molar refractivity (Wildman–Crippen MR) is 185 cm³/mol. The normalized spacial score (nSPS) is 11.7. The molecular formula is C40H35N5. The number of rotatable bonds is 8. The molecule has 0 aliphatic rings. The Morgan fingerprint density at radius 1 is 0.533 bits per heavy atom. The van der Waals surface area contributed by atoms with E-state index < -0.39 is 0 Å². The molecule has 0 radical (unpaired) electrons. The molecule has 3 heterocycles. The molecule has 0 amide bonds. The third-order valence-corrected chi connectivity index (χ3v) is 7.54. The molecule has 0 aliphatic heterocycles. The van der Waals surface area contributed by atoms with Crippen molar-refractivity contribution in [1.82, 2.24) is 24.9 Å². The molecule has 5 nitrogen and oxygen atoms in total. The molecule has 0 atom stereocenters. The van der Waals surface area contributed by atoms with E-state index in [4.69, 9.17) is 24.9 Å². The summed E-state index contributed by atoms with van der Waals surface area (Å²) in [5, 5.41) is 0. The third-order valence-electron chi connectivity index (χ3n) is 7.54. The van der Waals surface area contributed by atoms with Crippen LogP contribution in [0.1, 0.15) is 37.2 Å². The molecule has 220 valence electrons. The van der Waals surface area contributed by atoms with Crippen LogP contribution in [0.4, 0.5) is 0 Å². The van der Waals surface area contributed by atoms with Crippen molar-refractivity contribution in [2.75, 3.05) is 0 Å². The number of allylic oxidation sites excluding steroid dienone is 4. The standard InChI is InChI=1S/C40H35N5/c1-5-7-15-29(6-2)30-16-10-19-33(24-30)38-43-39(34-20-11-17-31(25-34)36-22-8-13-27(3)41-36)45-40(44-38)35-21-12-18-32(26-35)37-23-9-14-28(4)42-37/h6-26H,5H2,1-4H3/b15-7-,29-6+. The molecule has 5 heteroatoms. The molecule has 0 fully saturated rings. The number of pyridine rings is 2.